The summed E-state index contributed by atoms with van der Waals surface area (Å²) in [6, 6.07) is 3.89. The number of nitrogen functional groups attached to an aromatic ring is 1. The molecule has 0 unspecified atom stereocenters. The molecule has 1 aliphatic heterocycles. The SMILES string of the molecule is Nc1nc(-c2cc(Br)cc3c2NC(=O)C3)cs1. The Labute approximate surface area is 110 Å². The molecular weight excluding hydrogens is 302 g/mol. The highest BCUT2D eigenvalue weighted by atomic mass is 79.9. The van der Waals surface area contributed by atoms with Gasteiger partial charge in [0, 0.05) is 15.4 Å². The lowest BCUT2D eigenvalue weighted by atomic mass is 10.1. The molecule has 17 heavy (non-hydrogen) atoms. The average Bonchev–Trinajstić information content (AvgIpc) is 2.82. The van der Waals surface area contributed by atoms with E-state index in [1.54, 1.807) is 0 Å². The fourth-order valence-corrected chi connectivity index (χ4v) is 2.99. The van der Waals surface area contributed by atoms with Crippen LogP contribution in [0.15, 0.2) is 22.0 Å². The minimum Gasteiger partial charge on any atom is -0.375 e. The average molecular weight is 310 g/mol. The van der Waals surface area contributed by atoms with Gasteiger partial charge < -0.3 is 11.1 Å². The maximum Gasteiger partial charge on any atom is 0.228 e. The summed E-state index contributed by atoms with van der Waals surface area (Å²) in [5, 5.41) is 5.28. The van der Waals surface area contributed by atoms with E-state index < -0.39 is 0 Å². The van der Waals surface area contributed by atoms with Crippen LogP contribution >= 0.6 is 27.3 Å². The highest BCUT2D eigenvalue weighted by molar-refractivity contribution is 9.10. The van der Waals surface area contributed by atoms with E-state index in [4.69, 9.17) is 5.73 Å². The van der Waals surface area contributed by atoms with Gasteiger partial charge >= 0.3 is 0 Å². The number of anilines is 2. The minimum absolute atomic E-state index is 0.0163. The predicted octanol–water partition coefficient (Wildman–Crippen LogP) is 2.65. The third-order valence-corrected chi connectivity index (χ3v) is 3.73. The molecule has 6 heteroatoms. The van der Waals surface area contributed by atoms with Crippen molar-refractivity contribution < 1.29 is 4.79 Å². The van der Waals surface area contributed by atoms with E-state index in [0.29, 0.717) is 11.6 Å². The van der Waals surface area contributed by atoms with Gasteiger partial charge in [-0.05, 0) is 17.7 Å². The summed E-state index contributed by atoms with van der Waals surface area (Å²) in [5.41, 5.74) is 9.19. The molecule has 1 amide bonds. The van der Waals surface area contributed by atoms with Crippen LogP contribution in [0.2, 0.25) is 0 Å². The third-order valence-electron chi connectivity index (χ3n) is 2.60. The monoisotopic (exact) mass is 309 g/mol. The molecule has 0 saturated heterocycles. The van der Waals surface area contributed by atoms with Crippen molar-refractivity contribution >= 4 is 44.0 Å². The first-order valence-corrected chi connectivity index (χ1v) is 6.64. The van der Waals surface area contributed by atoms with Gasteiger partial charge in [-0.3, -0.25) is 4.79 Å². The summed E-state index contributed by atoms with van der Waals surface area (Å²) in [4.78, 5) is 15.7. The van der Waals surface area contributed by atoms with Crippen molar-refractivity contribution in [2.45, 2.75) is 6.42 Å². The number of benzene rings is 1. The van der Waals surface area contributed by atoms with Crippen molar-refractivity contribution in [3.63, 3.8) is 0 Å². The molecule has 0 saturated carbocycles. The Hall–Kier alpha value is -1.40. The predicted molar refractivity (Wildman–Crippen MR) is 72.0 cm³/mol. The number of amides is 1. The zero-order valence-corrected chi connectivity index (χ0v) is 11.1. The van der Waals surface area contributed by atoms with Crippen LogP contribution < -0.4 is 11.1 Å². The molecule has 1 aromatic carbocycles. The van der Waals surface area contributed by atoms with Crippen molar-refractivity contribution in [3.05, 3.63) is 27.5 Å². The van der Waals surface area contributed by atoms with Gasteiger partial charge in [0.2, 0.25) is 5.91 Å². The Kier molecular flexibility index (Phi) is 2.41. The highest BCUT2D eigenvalue weighted by Crippen LogP contribution is 2.38. The standard InChI is InChI=1S/C11H8BrN3OS/c12-6-1-5-2-9(16)15-10(5)7(3-6)8-4-17-11(13)14-8/h1,3-4H,2H2,(H2,13,14)(H,15,16). The van der Waals surface area contributed by atoms with Crippen LogP contribution in [-0.2, 0) is 11.2 Å². The quantitative estimate of drug-likeness (QED) is 0.851. The molecular formula is C11H8BrN3OS. The number of hydrogen-bond acceptors (Lipinski definition) is 4. The number of hydrogen-bond donors (Lipinski definition) is 2. The van der Waals surface area contributed by atoms with Crippen LogP contribution in [0.25, 0.3) is 11.3 Å². The molecule has 0 aliphatic carbocycles. The lowest BCUT2D eigenvalue weighted by Crippen LogP contribution is -2.04. The molecule has 1 aliphatic rings. The van der Waals surface area contributed by atoms with Gasteiger partial charge in [0.15, 0.2) is 5.13 Å². The summed E-state index contributed by atoms with van der Waals surface area (Å²) in [7, 11) is 0. The Morgan fingerprint density at radius 1 is 1.47 bits per heavy atom. The largest absolute Gasteiger partial charge is 0.375 e. The maximum absolute atomic E-state index is 11.4. The van der Waals surface area contributed by atoms with Crippen molar-refractivity contribution in [2.24, 2.45) is 0 Å². The summed E-state index contributed by atoms with van der Waals surface area (Å²) in [6.07, 6.45) is 0.418. The van der Waals surface area contributed by atoms with E-state index in [9.17, 15) is 4.79 Å². The Morgan fingerprint density at radius 3 is 3.00 bits per heavy atom. The van der Waals surface area contributed by atoms with Gasteiger partial charge in [0.1, 0.15) is 0 Å². The number of nitrogens with zero attached hydrogens (tertiary/aromatic N) is 1. The van der Waals surface area contributed by atoms with Crippen LogP contribution in [0.1, 0.15) is 5.56 Å². The normalized spacial score (nSPS) is 13.6. The number of halogens is 1. The second kappa shape index (κ2) is 3.82. The highest BCUT2D eigenvalue weighted by Gasteiger charge is 2.23. The van der Waals surface area contributed by atoms with E-state index in [1.807, 2.05) is 17.5 Å². The molecule has 0 bridgehead atoms. The Morgan fingerprint density at radius 2 is 2.29 bits per heavy atom. The Balaban J connectivity index is 2.21. The van der Waals surface area contributed by atoms with E-state index in [2.05, 4.69) is 26.2 Å². The molecule has 86 valence electrons. The molecule has 3 rings (SSSR count). The number of aromatic nitrogens is 1. The summed E-state index contributed by atoms with van der Waals surface area (Å²) < 4.78 is 0.939. The van der Waals surface area contributed by atoms with Gasteiger partial charge in [-0.1, -0.05) is 15.9 Å². The second-order valence-corrected chi connectivity index (χ2v) is 5.59. The number of rotatable bonds is 1. The molecule has 4 nitrogen and oxygen atoms in total. The van der Waals surface area contributed by atoms with Crippen LogP contribution in [0, 0.1) is 0 Å². The lowest BCUT2D eigenvalue weighted by molar-refractivity contribution is -0.115. The van der Waals surface area contributed by atoms with Crippen molar-refractivity contribution in [1.82, 2.24) is 4.98 Å². The molecule has 0 spiro atoms. The molecule has 0 radical (unpaired) electrons. The number of nitrogens with two attached hydrogens (primary N) is 1. The van der Waals surface area contributed by atoms with Crippen LogP contribution in [-0.4, -0.2) is 10.9 Å². The second-order valence-electron chi connectivity index (χ2n) is 3.78. The van der Waals surface area contributed by atoms with Gasteiger partial charge in [-0.15, -0.1) is 11.3 Å². The minimum atomic E-state index is 0.0163. The smallest absolute Gasteiger partial charge is 0.228 e. The van der Waals surface area contributed by atoms with E-state index in [1.165, 1.54) is 11.3 Å². The van der Waals surface area contributed by atoms with Crippen LogP contribution in [0.4, 0.5) is 10.8 Å². The zero-order chi connectivity index (χ0) is 12.0. The van der Waals surface area contributed by atoms with Crippen molar-refractivity contribution in [1.29, 1.82) is 0 Å². The molecule has 0 fully saturated rings. The van der Waals surface area contributed by atoms with Crippen molar-refractivity contribution in [2.75, 3.05) is 11.1 Å². The molecule has 2 aromatic rings. The first-order chi connectivity index (χ1) is 8.13. The molecule has 2 heterocycles. The maximum atomic E-state index is 11.4. The first kappa shape index (κ1) is 10.7. The van der Waals surface area contributed by atoms with Gasteiger partial charge in [-0.2, -0.15) is 0 Å². The van der Waals surface area contributed by atoms with Crippen molar-refractivity contribution in [3.8, 4) is 11.3 Å². The van der Waals surface area contributed by atoms with Crippen LogP contribution in [0.3, 0.4) is 0 Å². The van der Waals surface area contributed by atoms with E-state index >= 15 is 0 Å². The third kappa shape index (κ3) is 1.83. The fraction of sp³-hybridized carbons (Fsp3) is 0.0909. The first-order valence-electron chi connectivity index (χ1n) is 4.97. The zero-order valence-electron chi connectivity index (χ0n) is 8.66. The number of fused-ring (bicyclic) bond motifs is 1. The number of carbonyl (C=O) groups excluding carboxylic acids is 1. The summed E-state index contributed by atoms with van der Waals surface area (Å²) >= 11 is 4.84. The lowest BCUT2D eigenvalue weighted by Gasteiger charge is -2.06. The van der Waals surface area contributed by atoms with E-state index in [0.717, 1.165) is 27.0 Å². The van der Waals surface area contributed by atoms with Gasteiger partial charge in [-0.25, -0.2) is 4.98 Å². The number of carbonyl (C=O) groups is 1. The van der Waals surface area contributed by atoms with Gasteiger partial charge in [0.25, 0.3) is 0 Å². The Bertz CT molecular complexity index is 623. The fourth-order valence-electron chi connectivity index (χ4n) is 1.92. The molecule has 0 atom stereocenters. The van der Waals surface area contributed by atoms with Crippen LogP contribution in [0.5, 0.6) is 0 Å². The molecule has 1 aromatic heterocycles. The number of thiazole rings is 1. The summed E-state index contributed by atoms with van der Waals surface area (Å²) in [6.45, 7) is 0. The van der Waals surface area contributed by atoms with E-state index in [-0.39, 0.29) is 5.91 Å². The molecule has 3 N–H and O–H groups in total. The number of nitrogens with one attached hydrogen (secondary N) is 1. The topological polar surface area (TPSA) is 68.0 Å². The van der Waals surface area contributed by atoms with Gasteiger partial charge in [0.05, 0.1) is 17.8 Å². The summed E-state index contributed by atoms with van der Waals surface area (Å²) in [5.74, 6) is 0.0163.